The molecule has 2 saturated heterocycles. The van der Waals surface area contributed by atoms with Gasteiger partial charge in [-0.3, -0.25) is 4.79 Å². The van der Waals surface area contributed by atoms with Crippen molar-refractivity contribution in [1.29, 1.82) is 0 Å². The molecule has 0 spiro atoms. The van der Waals surface area contributed by atoms with Gasteiger partial charge in [0.2, 0.25) is 5.91 Å². The number of hydrogen-bond acceptors (Lipinski definition) is 4. The first-order valence-corrected chi connectivity index (χ1v) is 13.2. The second-order valence-corrected chi connectivity index (χ2v) is 10.1. The molecular formula is C30H40N2O3. The van der Waals surface area contributed by atoms with Crippen LogP contribution in [-0.4, -0.2) is 66.2 Å². The molecule has 2 heterocycles. The summed E-state index contributed by atoms with van der Waals surface area (Å²) in [6.07, 6.45) is 8.53. The minimum Gasteiger partial charge on any atom is -0.490 e. The highest BCUT2D eigenvalue weighted by Crippen LogP contribution is 2.29. The first kappa shape index (κ1) is 25.5. The van der Waals surface area contributed by atoms with E-state index in [-0.39, 0.29) is 12.5 Å². The summed E-state index contributed by atoms with van der Waals surface area (Å²) in [7, 11) is 0. The van der Waals surface area contributed by atoms with Gasteiger partial charge < -0.3 is 19.6 Å². The lowest BCUT2D eigenvalue weighted by atomic mass is 9.88. The topological polar surface area (TPSA) is 53.0 Å². The van der Waals surface area contributed by atoms with E-state index in [9.17, 15) is 9.90 Å². The number of carbonyl (C=O) groups is 1. The van der Waals surface area contributed by atoms with Crippen molar-refractivity contribution in [3.8, 4) is 5.75 Å². The fourth-order valence-electron chi connectivity index (χ4n) is 5.13. The number of hydrogen-bond donors (Lipinski definition) is 1. The van der Waals surface area contributed by atoms with Gasteiger partial charge in [0.05, 0.1) is 0 Å². The zero-order chi connectivity index (χ0) is 24.6. The molecular weight excluding hydrogens is 436 g/mol. The Morgan fingerprint density at radius 3 is 2.51 bits per heavy atom. The summed E-state index contributed by atoms with van der Waals surface area (Å²) < 4.78 is 5.98. The Morgan fingerprint density at radius 2 is 1.77 bits per heavy atom. The van der Waals surface area contributed by atoms with Crippen molar-refractivity contribution in [3.63, 3.8) is 0 Å². The number of aliphatic hydroxyl groups excluding tert-OH is 1. The Morgan fingerprint density at radius 1 is 1.03 bits per heavy atom. The molecule has 35 heavy (non-hydrogen) atoms. The summed E-state index contributed by atoms with van der Waals surface area (Å²) >= 11 is 0. The third-order valence-corrected chi connectivity index (χ3v) is 7.48. The van der Waals surface area contributed by atoms with Crippen LogP contribution in [0.1, 0.15) is 60.3 Å². The first-order valence-electron chi connectivity index (χ1n) is 13.2. The molecule has 0 bridgehead atoms. The predicted molar refractivity (Wildman–Crippen MR) is 142 cm³/mol. The van der Waals surface area contributed by atoms with Crippen LogP contribution in [0.15, 0.2) is 48.5 Å². The first-order chi connectivity index (χ1) is 17.0. The molecule has 2 aliphatic rings. The number of β-amino-alcohol motifs (C(OH)–C–C–N with tert-alkyl or cyclic N) is 1. The maximum absolute atomic E-state index is 12.5. The molecule has 1 unspecified atom stereocenters. The molecule has 0 radical (unpaired) electrons. The quantitative estimate of drug-likeness (QED) is 0.548. The number of nitrogens with zero attached hydrogens (tertiary/aromatic N) is 2. The van der Waals surface area contributed by atoms with Crippen LogP contribution >= 0.6 is 0 Å². The molecule has 0 aromatic heterocycles. The maximum atomic E-state index is 12.5. The SMILES string of the molecule is Cc1ccc(C2CCN(CC(O)COc3ccccc3C=CC(=O)N3CCCCC3)CC2)cc1C. The Hall–Kier alpha value is -2.63. The van der Waals surface area contributed by atoms with Gasteiger partial charge in [0, 0.05) is 31.3 Å². The Balaban J connectivity index is 1.24. The van der Waals surface area contributed by atoms with Crippen molar-refractivity contribution in [3.05, 3.63) is 70.8 Å². The van der Waals surface area contributed by atoms with Crippen molar-refractivity contribution in [2.45, 2.75) is 58.0 Å². The van der Waals surface area contributed by atoms with Gasteiger partial charge >= 0.3 is 0 Å². The van der Waals surface area contributed by atoms with Crippen molar-refractivity contribution >= 4 is 12.0 Å². The van der Waals surface area contributed by atoms with E-state index >= 15 is 0 Å². The highest BCUT2D eigenvalue weighted by Gasteiger charge is 2.23. The number of para-hydroxylation sites is 1. The second kappa shape index (κ2) is 12.4. The number of amides is 1. The van der Waals surface area contributed by atoms with E-state index in [0.717, 1.165) is 57.4 Å². The molecule has 2 aromatic rings. The van der Waals surface area contributed by atoms with Crippen molar-refractivity contribution in [1.82, 2.24) is 9.80 Å². The van der Waals surface area contributed by atoms with Gasteiger partial charge in [0.15, 0.2) is 0 Å². The lowest BCUT2D eigenvalue weighted by Gasteiger charge is -2.33. The fraction of sp³-hybridized carbons (Fsp3) is 0.500. The van der Waals surface area contributed by atoms with Gasteiger partial charge in [0.25, 0.3) is 0 Å². The summed E-state index contributed by atoms with van der Waals surface area (Å²) in [5, 5.41) is 10.6. The third-order valence-electron chi connectivity index (χ3n) is 7.48. The van der Waals surface area contributed by atoms with Gasteiger partial charge in [-0.1, -0.05) is 36.4 Å². The van der Waals surface area contributed by atoms with Crippen LogP contribution in [0, 0.1) is 13.8 Å². The number of benzene rings is 2. The normalized spacial score (nSPS) is 18.7. The largest absolute Gasteiger partial charge is 0.490 e. The van der Waals surface area contributed by atoms with Crippen LogP contribution in [0.2, 0.25) is 0 Å². The minimum absolute atomic E-state index is 0.0590. The van der Waals surface area contributed by atoms with Crippen LogP contribution in [0.3, 0.4) is 0 Å². The molecule has 188 valence electrons. The van der Waals surface area contributed by atoms with Gasteiger partial charge in [0.1, 0.15) is 18.5 Å². The standard InChI is InChI=1S/C30H40N2O3/c1-23-10-11-27(20-24(23)2)25-14-18-31(19-15-25)21-28(33)22-35-29-9-5-4-8-26(29)12-13-30(34)32-16-6-3-7-17-32/h4-5,8-13,20,25,28,33H,3,6-7,14-19,21-22H2,1-2H3. The van der Waals surface area contributed by atoms with Crippen molar-refractivity contribution in [2.75, 3.05) is 39.3 Å². The van der Waals surface area contributed by atoms with E-state index in [4.69, 9.17) is 4.74 Å². The Kier molecular flexibility index (Phi) is 9.00. The van der Waals surface area contributed by atoms with Crippen LogP contribution in [0.5, 0.6) is 5.75 Å². The molecule has 5 heteroatoms. The number of aliphatic hydroxyl groups is 1. The second-order valence-electron chi connectivity index (χ2n) is 10.1. The number of rotatable bonds is 8. The van der Waals surface area contributed by atoms with Crippen molar-refractivity contribution < 1.29 is 14.6 Å². The molecule has 0 saturated carbocycles. The number of aryl methyl sites for hydroxylation is 2. The lowest BCUT2D eigenvalue weighted by Crippen LogP contribution is -2.40. The average molecular weight is 477 g/mol. The van der Waals surface area contributed by atoms with Gasteiger partial charge in [-0.15, -0.1) is 0 Å². The molecule has 1 atom stereocenters. The summed E-state index contributed by atoms with van der Waals surface area (Å²) in [6.45, 7) is 8.87. The van der Waals surface area contributed by atoms with E-state index in [1.54, 1.807) is 6.08 Å². The van der Waals surface area contributed by atoms with Gasteiger partial charge in [-0.2, -0.15) is 0 Å². The summed E-state index contributed by atoms with van der Waals surface area (Å²) in [6, 6.07) is 14.5. The Bertz CT molecular complexity index is 1000. The molecule has 1 N–H and O–H groups in total. The molecule has 2 fully saturated rings. The smallest absolute Gasteiger partial charge is 0.246 e. The molecule has 2 aromatic carbocycles. The van der Waals surface area contributed by atoms with E-state index in [1.807, 2.05) is 35.2 Å². The maximum Gasteiger partial charge on any atom is 0.246 e. The van der Waals surface area contributed by atoms with Crippen molar-refractivity contribution in [2.24, 2.45) is 0 Å². The fourth-order valence-corrected chi connectivity index (χ4v) is 5.13. The zero-order valence-electron chi connectivity index (χ0n) is 21.3. The monoisotopic (exact) mass is 476 g/mol. The molecule has 0 aliphatic carbocycles. The van der Waals surface area contributed by atoms with Crippen LogP contribution in [-0.2, 0) is 4.79 Å². The molecule has 4 rings (SSSR count). The third kappa shape index (κ3) is 7.18. The predicted octanol–water partition coefficient (Wildman–Crippen LogP) is 4.95. The van der Waals surface area contributed by atoms with Crippen LogP contribution < -0.4 is 4.74 Å². The summed E-state index contributed by atoms with van der Waals surface area (Å²) in [4.78, 5) is 16.7. The van der Waals surface area contributed by atoms with Gasteiger partial charge in [-0.05, 0) is 93.8 Å². The minimum atomic E-state index is -0.555. The number of carbonyl (C=O) groups excluding carboxylic acids is 1. The summed E-state index contributed by atoms with van der Waals surface area (Å²) in [5.74, 6) is 1.36. The van der Waals surface area contributed by atoms with E-state index in [2.05, 4.69) is 36.9 Å². The highest BCUT2D eigenvalue weighted by molar-refractivity contribution is 5.92. The average Bonchev–Trinajstić information content (AvgIpc) is 2.89. The van der Waals surface area contributed by atoms with E-state index in [0.29, 0.717) is 18.2 Å². The van der Waals surface area contributed by atoms with Gasteiger partial charge in [-0.25, -0.2) is 0 Å². The molecule has 5 nitrogen and oxygen atoms in total. The number of ether oxygens (including phenoxy) is 1. The molecule has 2 aliphatic heterocycles. The van der Waals surface area contributed by atoms with Crippen LogP contribution in [0.4, 0.5) is 0 Å². The Labute approximate surface area is 210 Å². The highest BCUT2D eigenvalue weighted by atomic mass is 16.5. The zero-order valence-corrected chi connectivity index (χ0v) is 21.3. The molecule has 1 amide bonds. The number of piperidine rings is 2. The number of likely N-dealkylation sites (tertiary alicyclic amines) is 2. The van der Waals surface area contributed by atoms with E-state index in [1.165, 1.54) is 23.1 Å². The summed E-state index contributed by atoms with van der Waals surface area (Å²) in [5.41, 5.74) is 5.02. The lowest BCUT2D eigenvalue weighted by molar-refractivity contribution is -0.126. The van der Waals surface area contributed by atoms with Crippen LogP contribution in [0.25, 0.3) is 6.08 Å². The van der Waals surface area contributed by atoms with E-state index < -0.39 is 6.10 Å².